The zero-order valence-corrected chi connectivity index (χ0v) is 13.5. The normalized spacial score (nSPS) is 19.4. The number of ether oxygens (including phenoxy) is 1. The van der Waals surface area contributed by atoms with Gasteiger partial charge in [-0.2, -0.15) is 5.10 Å². The van der Waals surface area contributed by atoms with Crippen molar-refractivity contribution in [3.8, 4) is 0 Å². The summed E-state index contributed by atoms with van der Waals surface area (Å²) in [5.41, 5.74) is 2.07. The third-order valence-corrected chi connectivity index (χ3v) is 4.91. The molecule has 1 aliphatic rings. The van der Waals surface area contributed by atoms with Gasteiger partial charge in [0.2, 0.25) is 0 Å². The molecule has 0 N–H and O–H groups in total. The van der Waals surface area contributed by atoms with Crippen molar-refractivity contribution in [1.82, 2.24) is 9.78 Å². The minimum absolute atomic E-state index is 0.0227. The molecule has 0 amide bonds. The monoisotopic (exact) mass is 354 g/mol. The van der Waals surface area contributed by atoms with Crippen LogP contribution in [-0.4, -0.2) is 16.4 Å². The van der Waals surface area contributed by atoms with E-state index in [2.05, 4.69) is 27.6 Å². The summed E-state index contributed by atoms with van der Waals surface area (Å²) >= 11 is 10.0. The molecule has 106 valence electrons. The molecule has 0 aliphatic carbocycles. The summed E-state index contributed by atoms with van der Waals surface area (Å²) < 4.78 is 8.76. The van der Waals surface area contributed by atoms with Crippen molar-refractivity contribution in [2.24, 2.45) is 0 Å². The van der Waals surface area contributed by atoms with Crippen LogP contribution in [0.1, 0.15) is 31.1 Å². The smallest absolute Gasteiger partial charge is 0.150 e. The fraction of sp³-hybridized carbons (Fsp3) is 0.400. The zero-order chi connectivity index (χ0) is 14.1. The maximum absolute atomic E-state index is 6.40. The van der Waals surface area contributed by atoms with Gasteiger partial charge in [0, 0.05) is 21.5 Å². The summed E-state index contributed by atoms with van der Waals surface area (Å²) in [6.07, 6.45) is 7.79. The lowest BCUT2D eigenvalue weighted by Gasteiger charge is -2.23. The molecule has 3 rings (SSSR count). The minimum atomic E-state index is 0.0227. The lowest BCUT2D eigenvalue weighted by atomic mass is 10.1. The molecule has 0 bridgehead atoms. The predicted octanol–water partition coefficient (Wildman–Crippen LogP) is 4.88. The fourth-order valence-electron chi connectivity index (χ4n) is 2.64. The van der Waals surface area contributed by atoms with E-state index in [1.54, 1.807) is 0 Å². The highest BCUT2D eigenvalue weighted by Gasteiger charge is 2.20. The van der Waals surface area contributed by atoms with E-state index in [1.165, 1.54) is 6.42 Å². The average molecular weight is 356 g/mol. The second kappa shape index (κ2) is 5.88. The topological polar surface area (TPSA) is 27.1 Å². The van der Waals surface area contributed by atoms with Gasteiger partial charge in [-0.15, -0.1) is 6.58 Å². The molecule has 1 aromatic carbocycles. The summed E-state index contributed by atoms with van der Waals surface area (Å²) in [6, 6.07) is 1.98. The van der Waals surface area contributed by atoms with E-state index in [9.17, 15) is 0 Å². The molecule has 1 fully saturated rings. The molecule has 1 atom stereocenters. The molecule has 3 nitrogen and oxygen atoms in total. The Morgan fingerprint density at radius 3 is 3.10 bits per heavy atom. The molecule has 1 aliphatic heterocycles. The Morgan fingerprint density at radius 1 is 1.55 bits per heavy atom. The molecule has 1 saturated heterocycles. The molecular weight excluding hydrogens is 340 g/mol. The lowest BCUT2D eigenvalue weighted by molar-refractivity contribution is -0.0366. The van der Waals surface area contributed by atoms with E-state index in [1.807, 2.05) is 23.0 Å². The Labute approximate surface area is 131 Å². The molecule has 2 heterocycles. The average Bonchev–Trinajstić information content (AvgIpc) is 2.88. The minimum Gasteiger partial charge on any atom is -0.356 e. The van der Waals surface area contributed by atoms with Crippen molar-refractivity contribution in [3.63, 3.8) is 0 Å². The number of fused-ring (bicyclic) bond motifs is 1. The van der Waals surface area contributed by atoms with Crippen molar-refractivity contribution < 1.29 is 4.74 Å². The molecule has 0 saturated carbocycles. The lowest BCUT2D eigenvalue weighted by Crippen LogP contribution is -2.18. The van der Waals surface area contributed by atoms with Gasteiger partial charge in [-0.05, 0) is 53.2 Å². The SMILES string of the molecule is C=CCc1c(Cl)cc2c(cnn2C2CCCCO2)c1Br. The first-order chi connectivity index (χ1) is 9.72. The molecule has 0 spiro atoms. The molecule has 0 radical (unpaired) electrons. The highest BCUT2D eigenvalue weighted by Crippen LogP contribution is 2.36. The van der Waals surface area contributed by atoms with Crippen LogP contribution in [0, 0.1) is 0 Å². The van der Waals surface area contributed by atoms with Crippen LogP contribution in [0.5, 0.6) is 0 Å². The van der Waals surface area contributed by atoms with Gasteiger partial charge in [-0.1, -0.05) is 17.7 Å². The number of aromatic nitrogens is 2. The number of hydrogen-bond acceptors (Lipinski definition) is 2. The van der Waals surface area contributed by atoms with E-state index < -0.39 is 0 Å². The van der Waals surface area contributed by atoms with Gasteiger partial charge in [-0.25, -0.2) is 4.68 Å². The first-order valence-corrected chi connectivity index (χ1v) is 7.96. The van der Waals surface area contributed by atoms with Crippen molar-refractivity contribution >= 4 is 38.4 Å². The van der Waals surface area contributed by atoms with Gasteiger partial charge >= 0.3 is 0 Å². The number of nitrogens with zero attached hydrogens (tertiary/aromatic N) is 2. The maximum atomic E-state index is 6.40. The Balaban J connectivity index is 2.10. The van der Waals surface area contributed by atoms with Crippen molar-refractivity contribution in [3.05, 3.63) is 40.0 Å². The number of hydrogen-bond donors (Lipinski definition) is 0. The first kappa shape index (κ1) is 14.1. The molecule has 20 heavy (non-hydrogen) atoms. The first-order valence-electron chi connectivity index (χ1n) is 6.79. The van der Waals surface area contributed by atoms with Crippen LogP contribution in [-0.2, 0) is 11.2 Å². The van der Waals surface area contributed by atoms with Gasteiger partial charge < -0.3 is 4.74 Å². The predicted molar refractivity (Wildman–Crippen MR) is 85.2 cm³/mol. The van der Waals surface area contributed by atoms with Crippen LogP contribution in [0.25, 0.3) is 10.9 Å². The van der Waals surface area contributed by atoms with Crippen LogP contribution >= 0.6 is 27.5 Å². The van der Waals surface area contributed by atoms with E-state index >= 15 is 0 Å². The fourth-order valence-corrected chi connectivity index (χ4v) is 3.71. The van der Waals surface area contributed by atoms with Gasteiger partial charge in [0.15, 0.2) is 6.23 Å². The van der Waals surface area contributed by atoms with Crippen molar-refractivity contribution in [2.45, 2.75) is 31.9 Å². The van der Waals surface area contributed by atoms with Gasteiger partial charge in [-0.3, -0.25) is 0 Å². The molecule has 5 heteroatoms. The zero-order valence-electron chi connectivity index (χ0n) is 11.1. The summed E-state index contributed by atoms with van der Waals surface area (Å²) in [5.74, 6) is 0. The molecular formula is C15H16BrClN2O. The molecule has 1 unspecified atom stereocenters. The van der Waals surface area contributed by atoms with E-state index in [0.29, 0.717) is 0 Å². The largest absolute Gasteiger partial charge is 0.356 e. The number of rotatable bonds is 3. The van der Waals surface area contributed by atoms with Crippen LogP contribution in [0.15, 0.2) is 29.4 Å². The van der Waals surface area contributed by atoms with Gasteiger partial charge in [0.25, 0.3) is 0 Å². The summed E-state index contributed by atoms with van der Waals surface area (Å²) in [4.78, 5) is 0. The quantitative estimate of drug-likeness (QED) is 0.734. The Bertz CT molecular complexity index is 647. The summed E-state index contributed by atoms with van der Waals surface area (Å²) in [5, 5.41) is 6.31. The Hall–Kier alpha value is -0.840. The number of benzene rings is 1. The van der Waals surface area contributed by atoms with Crippen LogP contribution in [0.4, 0.5) is 0 Å². The second-order valence-corrected chi connectivity index (χ2v) is 6.19. The highest BCUT2D eigenvalue weighted by atomic mass is 79.9. The number of allylic oxidation sites excluding steroid dienone is 1. The second-order valence-electron chi connectivity index (χ2n) is 4.99. The van der Waals surface area contributed by atoms with E-state index in [4.69, 9.17) is 16.3 Å². The van der Waals surface area contributed by atoms with Crippen LogP contribution in [0.3, 0.4) is 0 Å². The highest BCUT2D eigenvalue weighted by molar-refractivity contribution is 9.10. The van der Waals surface area contributed by atoms with Gasteiger partial charge in [0.1, 0.15) is 0 Å². The van der Waals surface area contributed by atoms with Crippen molar-refractivity contribution in [1.29, 1.82) is 0 Å². The van der Waals surface area contributed by atoms with E-state index in [-0.39, 0.29) is 6.23 Å². The van der Waals surface area contributed by atoms with Crippen molar-refractivity contribution in [2.75, 3.05) is 6.61 Å². The third-order valence-electron chi connectivity index (χ3n) is 3.66. The Kier molecular flexibility index (Phi) is 4.15. The molecule has 1 aromatic heterocycles. The summed E-state index contributed by atoms with van der Waals surface area (Å²) in [6.45, 7) is 4.58. The van der Waals surface area contributed by atoms with Crippen LogP contribution < -0.4 is 0 Å². The molecule has 2 aromatic rings. The summed E-state index contributed by atoms with van der Waals surface area (Å²) in [7, 11) is 0. The Morgan fingerprint density at radius 2 is 2.40 bits per heavy atom. The third kappa shape index (κ3) is 2.41. The maximum Gasteiger partial charge on any atom is 0.150 e. The van der Waals surface area contributed by atoms with Gasteiger partial charge in [0.05, 0.1) is 11.7 Å². The number of halogens is 2. The standard InChI is InChI=1S/C15H16BrClN2O/c1-2-5-10-12(17)8-13-11(15(10)16)9-18-19(13)14-6-3-4-7-20-14/h2,8-9,14H,1,3-7H2. The van der Waals surface area contributed by atoms with Crippen LogP contribution in [0.2, 0.25) is 5.02 Å². The van der Waals surface area contributed by atoms with E-state index in [0.717, 1.165) is 51.8 Å².